The van der Waals surface area contributed by atoms with Crippen LogP contribution >= 0.6 is 0 Å². The SMILES string of the molecule is [B]C([B])(C1CCC2(CCC2)C1)C(C)(CCCCC)CCCCC. The predicted molar refractivity (Wildman–Crippen MR) is 104 cm³/mol. The second-order valence-electron chi connectivity index (χ2n) is 9.20. The Morgan fingerprint density at radius 3 is 1.87 bits per heavy atom. The fourth-order valence-electron chi connectivity index (χ4n) is 5.33. The van der Waals surface area contributed by atoms with Crippen molar-refractivity contribution in [2.75, 3.05) is 0 Å². The van der Waals surface area contributed by atoms with Gasteiger partial charge in [-0.2, -0.15) is 0 Å². The van der Waals surface area contributed by atoms with Crippen LogP contribution in [0.1, 0.15) is 111 Å². The summed E-state index contributed by atoms with van der Waals surface area (Å²) in [5, 5.41) is -0.479. The van der Waals surface area contributed by atoms with E-state index in [0.29, 0.717) is 11.3 Å². The largest absolute Gasteiger partial charge is 0.0911 e. The highest BCUT2D eigenvalue weighted by Gasteiger charge is 2.51. The molecule has 0 bridgehead atoms. The van der Waals surface area contributed by atoms with Gasteiger partial charge in [-0.05, 0) is 49.4 Å². The number of rotatable bonds is 10. The molecule has 2 aliphatic carbocycles. The normalized spacial score (nSPS) is 24.0. The summed E-state index contributed by atoms with van der Waals surface area (Å²) in [7, 11) is 13.9. The highest BCUT2D eigenvalue weighted by atomic mass is 14.5. The van der Waals surface area contributed by atoms with Gasteiger partial charge in [-0.25, -0.2) is 0 Å². The van der Waals surface area contributed by atoms with Crippen LogP contribution in [0, 0.1) is 16.7 Å². The van der Waals surface area contributed by atoms with Crippen molar-refractivity contribution < 1.29 is 0 Å². The van der Waals surface area contributed by atoms with Crippen molar-refractivity contribution in [3.8, 4) is 0 Å². The maximum atomic E-state index is 6.94. The van der Waals surface area contributed by atoms with Crippen LogP contribution in [0.25, 0.3) is 0 Å². The van der Waals surface area contributed by atoms with Gasteiger partial charge >= 0.3 is 0 Å². The van der Waals surface area contributed by atoms with Crippen molar-refractivity contribution in [2.24, 2.45) is 16.7 Å². The summed E-state index contributed by atoms with van der Waals surface area (Å²) in [6.45, 7) is 6.97. The Labute approximate surface area is 148 Å². The first-order valence-electron chi connectivity index (χ1n) is 10.5. The third kappa shape index (κ3) is 4.21. The summed E-state index contributed by atoms with van der Waals surface area (Å²) in [4.78, 5) is 0. The summed E-state index contributed by atoms with van der Waals surface area (Å²) in [5.74, 6) is 0.538. The Balaban J connectivity index is 2.04. The van der Waals surface area contributed by atoms with Crippen LogP contribution in [0.15, 0.2) is 0 Å². The van der Waals surface area contributed by atoms with Gasteiger partial charge in [0.15, 0.2) is 0 Å². The first-order valence-corrected chi connectivity index (χ1v) is 10.5. The fraction of sp³-hybridized carbons (Fsp3) is 1.00. The van der Waals surface area contributed by atoms with E-state index >= 15 is 0 Å². The first kappa shape index (κ1) is 19.5. The van der Waals surface area contributed by atoms with Gasteiger partial charge in [0, 0.05) is 0 Å². The monoisotopic (exact) mass is 312 g/mol. The second kappa shape index (κ2) is 8.01. The van der Waals surface area contributed by atoms with E-state index in [4.69, 9.17) is 15.7 Å². The molecule has 23 heavy (non-hydrogen) atoms. The molecule has 128 valence electrons. The van der Waals surface area contributed by atoms with E-state index < -0.39 is 5.21 Å². The third-order valence-electron chi connectivity index (χ3n) is 7.50. The van der Waals surface area contributed by atoms with Crippen molar-refractivity contribution in [1.82, 2.24) is 0 Å². The zero-order valence-electron chi connectivity index (χ0n) is 16.1. The van der Waals surface area contributed by atoms with E-state index in [1.54, 1.807) is 0 Å². The van der Waals surface area contributed by atoms with Gasteiger partial charge in [0.05, 0.1) is 15.7 Å². The molecule has 0 aliphatic heterocycles. The Morgan fingerprint density at radius 1 is 0.913 bits per heavy atom. The summed E-state index contributed by atoms with van der Waals surface area (Å²) < 4.78 is 0. The minimum absolute atomic E-state index is 0.108. The maximum absolute atomic E-state index is 6.94. The van der Waals surface area contributed by atoms with Gasteiger partial charge in [0.2, 0.25) is 0 Å². The number of unbranched alkanes of at least 4 members (excludes halogenated alkanes) is 4. The van der Waals surface area contributed by atoms with Gasteiger partial charge in [-0.1, -0.05) is 83.3 Å². The molecule has 0 N–H and O–H groups in total. The molecule has 1 unspecified atom stereocenters. The molecule has 0 aromatic heterocycles. The fourth-order valence-corrected chi connectivity index (χ4v) is 5.33. The Hall–Kier alpha value is 0.130. The average Bonchev–Trinajstić information content (AvgIpc) is 2.94. The lowest BCUT2D eigenvalue weighted by Crippen LogP contribution is -2.41. The van der Waals surface area contributed by atoms with Gasteiger partial charge in [0.1, 0.15) is 0 Å². The van der Waals surface area contributed by atoms with E-state index in [-0.39, 0.29) is 5.41 Å². The van der Waals surface area contributed by atoms with Crippen molar-refractivity contribution in [1.29, 1.82) is 0 Å². The molecule has 1 atom stereocenters. The summed E-state index contributed by atoms with van der Waals surface area (Å²) in [5.41, 5.74) is 0.750. The van der Waals surface area contributed by atoms with E-state index in [9.17, 15) is 0 Å². The molecule has 1 spiro atoms. The van der Waals surface area contributed by atoms with E-state index in [1.165, 1.54) is 89.9 Å². The van der Waals surface area contributed by atoms with Crippen LogP contribution in [0.3, 0.4) is 0 Å². The highest BCUT2D eigenvalue weighted by Crippen LogP contribution is 2.64. The smallest absolute Gasteiger partial charge is 0.0631 e. The van der Waals surface area contributed by atoms with E-state index in [0.717, 1.165) is 0 Å². The predicted octanol–water partition coefficient (Wildman–Crippen LogP) is 6.58. The second-order valence-corrected chi connectivity index (χ2v) is 9.20. The maximum Gasteiger partial charge on any atom is 0.0631 e. The minimum atomic E-state index is -0.479. The molecular formula is C21H38B2. The standard InChI is InChI=1S/C21H38B2/c1-4-6-8-12-19(3,13-9-7-5-2)21(22,23)18-11-16-20(17-18)14-10-15-20/h18H,4-17H2,1-3H3. The van der Waals surface area contributed by atoms with Gasteiger partial charge in [-0.15, -0.1) is 0 Å². The zero-order chi connectivity index (χ0) is 17.0. The highest BCUT2D eigenvalue weighted by molar-refractivity contribution is 6.40. The van der Waals surface area contributed by atoms with Crippen molar-refractivity contribution in [2.45, 2.75) is 116 Å². The Morgan fingerprint density at radius 2 is 1.48 bits per heavy atom. The topological polar surface area (TPSA) is 0 Å². The van der Waals surface area contributed by atoms with Crippen LogP contribution in [0.2, 0.25) is 5.21 Å². The molecule has 4 radical (unpaired) electrons. The molecule has 0 nitrogen and oxygen atoms in total. The molecule has 2 heteroatoms. The molecule has 2 saturated carbocycles. The molecule has 0 amide bonds. The molecule has 0 aromatic rings. The minimum Gasteiger partial charge on any atom is -0.0911 e. The molecule has 2 fully saturated rings. The van der Waals surface area contributed by atoms with Gasteiger partial charge in [0.25, 0.3) is 0 Å². The Bertz CT molecular complexity index is 347. The van der Waals surface area contributed by atoms with E-state index in [1.807, 2.05) is 0 Å². The molecule has 0 aromatic carbocycles. The molecule has 0 saturated heterocycles. The number of hydrogen-bond acceptors (Lipinski definition) is 0. The molecular weight excluding hydrogens is 274 g/mol. The lowest BCUT2D eigenvalue weighted by molar-refractivity contribution is 0.115. The van der Waals surface area contributed by atoms with Crippen LogP contribution in [-0.4, -0.2) is 15.7 Å². The lowest BCUT2D eigenvalue weighted by atomic mass is 9.35. The van der Waals surface area contributed by atoms with Gasteiger partial charge in [-0.3, -0.25) is 0 Å². The summed E-state index contributed by atoms with van der Waals surface area (Å²) >= 11 is 0. The van der Waals surface area contributed by atoms with Crippen LogP contribution in [-0.2, 0) is 0 Å². The molecule has 2 aliphatic rings. The quantitative estimate of drug-likeness (QED) is 0.316. The Kier molecular flexibility index (Phi) is 6.77. The van der Waals surface area contributed by atoms with Crippen LogP contribution < -0.4 is 0 Å². The van der Waals surface area contributed by atoms with Gasteiger partial charge < -0.3 is 0 Å². The van der Waals surface area contributed by atoms with Crippen LogP contribution in [0.4, 0.5) is 0 Å². The van der Waals surface area contributed by atoms with E-state index in [2.05, 4.69) is 20.8 Å². The van der Waals surface area contributed by atoms with Crippen molar-refractivity contribution >= 4 is 15.7 Å². The zero-order valence-corrected chi connectivity index (χ0v) is 16.1. The first-order chi connectivity index (χ1) is 10.9. The average molecular weight is 312 g/mol. The summed E-state index contributed by atoms with van der Waals surface area (Å²) in [6, 6.07) is 0. The third-order valence-corrected chi connectivity index (χ3v) is 7.50. The van der Waals surface area contributed by atoms with Crippen molar-refractivity contribution in [3.05, 3.63) is 0 Å². The van der Waals surface area contributed by atoms with Crippen LogP contribution in [0.5, 0.6) is 0 Å². The molecule has 2 rings (SSSR count). The lowest BCUT2D eigenvalue weighted by Gasteiger charge is -2.51. The molecule has 0 heterocycles. The number of hydrogen-bond donors (Lipinski definition) is 0. The van der Waals surface area contributed by atoms with Crippen molar-refractivity contribution in [3.63, 3.8) is 0 Å². The summed E-state index contributed by atoms with van der Waals surface area (Å²) in [6.07, 6.45) is 18.4.